The van der Waals surface area contributed by atoms with Crippen LogP contribution in [0.5, 0.6) is 0 Å². The molecule has 2 fully saturated rings. The molecule has 1 atom stereocenters. The van der Waals surface area contributed by atoms with Gasteiger partial charge in [0.1, 0.15) is 10.0 Å². The quantitative estimate of drug-likeness (QED) is 0.634. The summed E-state index contributed by atoms with van der Waals surface area (Å²) >= 11 is 6.75. The molecule has 21 heavy (non-hydrogen) atoms. The number of rotatable bonds is 4. The molecule has 0 saturated carbocycles. The fourth-order valence-electron chi connectivity index (χ4n) is 2.96. The van der Waals surface area contributed by atoms with Gasteiger partial charge in [-0.3, -0.25) is 9.69 Å². The number of hydrogen-bond acceptors (Lipinski definition) is 3. The van der Waals surface area contributed by atoms with Gasteiger partial charge in [0.2, 0.25) is 0 Å². The second-order valence-electron chi connectivity index (χ2n) is 6.70. The Morgan fingerprint density at radius 3 is 2.71 bits per heavy atom. The number of carbonyl (C=O) groups is 1. The van der Waals surface area contributed by atoms with Crippen molar-refractivity contribution in [2.45, 2.75) is 40.0 Å². The van der Waals surface area contributed by atoms with Crippen LogP contribution in [0.1, 0.15) is 40.0 Å². The summed E-state index contributed by atoms with van der Waals surface area (Å²) in [6.07, 6.45) is 7.25. The number of thioether (sulfide) groups is 1. The first-order chi connectivity index (χ1) is 9.84. The van der Waals surface area contributed by atoms with E-state index >= 15 is 0 Å². The Morgan fingerprint density at radius 2 is 2.14 bits per heavy atom. The van der Waals surface area contributed by atoms with E-state index in [-0.39, 0.29) is 5.91 Å². The van der Waals surface area contributed by atoms with Gasteiger partial charge in [0.05, 0.1) is 18.5 Å². The minimum atomic E-state index is 0.0743. The molecule has 0 spiro atoms. The van der Waals surface area contributed by atoms with Crippen molar-refractivity contribution in [1.82, 2.24) is 4.90 Å². The van der Waals surface area contributed by atoms with Gasteiger partial charge < -0.3 is 4.90 Å². The fraction of sp³-hybridized carbons (Fsp3) is 0.625. The Kier molecular flexibility index (Phi) is 5.28. The van der Waals surface area contributed by atoms with Crippen LogP contribution in [0.25, 0.3) is 0 Å². The first-order valence-corrected chi connectivity index (χ1v) is 8.84. The monoisotopic (exact) mass is 325 g/mol. The van der Waals surface area contributed by atoms with E-state index in [4.69, 9.17) is 12.2 Å². The summed E-state index contributed by atoms with van der Waals surface area (Å²) < 4.78 is 0.700. The highest BCUT2D eigenvalue weighted by molar-refractivity contribution is 8.26. The molecule has 1 unspecified atom stereocenters. The van der Waals surface area contributed by atoms with E-state index in [9.17, 15) is 4.79 Å². The lowest BCUT2D eigenvalue weighted by atomic mass is 9.92. The summed E-state index contributed by atoms with van der Waals surface area (Å²) in [5.41, 5.74) is 1.72. The molecule has 116 valence electrons. The number of quaternary nitrogens is 1. The Hall–Kier alpha value is -0.650. The molecule has 2 saturated heterocycles. The number of likely N-dealkylation sites (tertiary alicyclic amines) is 1. The number of thiocarbonyl (C=S) groups is 1. The van der Waals surface area contributed by atoms with Crippen molar-refractivity contribution < 1.29 is 9.69 Å². The van der Waals surface area contributed by atoms with Gasteiger partial charge in [-0.15, -0.1) is 0 Å². The molecular formula is C16H25N2OS2+. The van der Waals surface area contributed by atoms with Crippen molar-refractivity contribution in [3.8, 4) is 0 Å². The second-order valence-corrected chi connectivity index (χ2v) is 8.37. The molecule has 2 rings (SSSR count). The third-order valence-electron chi connectivity index (χ3n) is 4.01. The summed E-state index contributed by atoms with van der Waals surface area (Å²) in [5.74, 6) is 0.0743. The first-order valence-electron chi connectivity index (χ1n) is 7.61. The van der Waals surface area contributed by atoms with E-state index in [0.29, 0.717) is 9.74 Å². The summed E-state index contributed by atoms with van der Waals surface area (Å²) in [6.45, 7) is 8.60. The molecular weight excluding hydrogens is 300 g/mol. The molecule has 0 aromatic carbocycles. The highest BCUT2D eigenvalue weighted by atomic mass is 32.2. The zero-order chi connectivity index (χ0) is 15.6. The molecule has 0 aromatic heterocycles. The summed E-state index contributed by atoms with van der Waals surface area (Å²) in [5, 5.41) is 0. The van der Waals surface area contributed by atoms with Crippen LogP contribution in [0.2, 0.25) is 0 Å². The zero-order valence-electron chi connectivity index (χ0n) is 13.4. The summed E-state index contributed by atoms with van der Waals surface area (Å²) in [7, 11) is 2.20. The maximum atomic E-state index is 12.3. The Morgan fingerprint density at radius 1 is 1.43 bits per heavy atom. The fourth-order valence-corrected chi connectivity index (χ4v) is 4.21. The van der Waals surface area contributed by atoms with Crippen molar-refractivity contribution in [1.29, 1.82) is 0 Å². The maximum Gasteiger partial charge on any atom is 0.266 e. The predicted octanol–water partition coefficient (Wildman–Crippen LogP) is 2.36. The highest BCUT2D eigenvalue weighted by Crippen LogP contribution is 2.32. The largest absolute Gasteiger partial charge is 0.308 e. The second kappa shape index (κ2) is 6.63. The van der Waals surface area contributed by atoms with E-state index in [1.807, 2.05) is 6.08 Å². The van der Waals surface area contributed by atoms with Crippen molar-refractivity contribution in [3.05, 3.63) is 22.8 Å². The number of nitrogens with zero attached hydrogens (tertiary/aromatic N) is 1. The average Bonchev–Trinajstić information content (AvgIpc) is 2.81. The molecule has 0 bridgehead atoms. The van der Waals surface area contributed by atoms with Crippen molar-refractivity contribution in [3.63, 3.8) is 0 Å². The Labute approximate surface area is 137 Å². The summed E-state index contributed by atoms with van der Waals surface area (Å²) in [6, 6.07) is 0. The number of hydrogen-bond donors (Lipinski definition) is 1. The zero-order valence-corrected chi connectivity index (χ0v) is 15.0. The Balaban J connectivity index is 2.09. The van der Waals surface area contributed by atoms with Crippen LogP contribution in [0, 0.1) is 5.41 Å². The van der Waals surface area contributed by atoms with Gasteiger partial charge in [-0.1, -0.05) is 51.2 Å². The molecule has 2 heterocycles. The van der Waals surface area contributed by atoms with E-state index in [1.165, 1.54) is 22.4 Å². The van der Waals surface area contributed by atoms with Gasteiger partial charge in [0.15, 0.2) is 0 Å². The van der Waals surface area contributed by atoms with Gasteiger partial charge in [-0.2, -0.15) is 0 Å². The van der Waals surface area contributed by atoms with Gasteiger partial charge >= 0.3 is 0 Å². The minimum Gasteiger partial charge on any atom is -0.308 e. The first kappa shape index (κ1) is 16.7. The minimum absolute atomic E-state index is 0.0743. The molecule has 2 aliphatic heterocycles. The van der Waals surface area contributed by atoms with Gasteiger partial charge in [0.25, 0.3) is 5.91 Å². The van der Waals surface area contributed by atoms with Crippen LogP contribution < -0.4 is 4.90 Å². The van der Waals surface area contributed by atoms with Crippen molar-refractivity contribution in [2.24, 2.45) is 5.41 Å². The number of carbonyl (C=O) groups excluding carboxylic acids is 1. The van der Waals surface area contributed by atoms with Crippen molar-refractivity contribution >= 4 is 34.2 Å². The third-order valence-corrected chi connectivity index (χ3v) is 5.40. The van der Waals surface area contributed by atoms with Gasteiger partial charge in [-0.25, -0.2) is 0 Å². The van der Waals surface area contributed by atoms with Crippen LogP contribution in [-0.2, 0) is 4.79 Å². The van der Waals surface area contributed by atoms with Crippen LogP contribution in [0.15, 0.2) is 22.8 Å². The molecule has 0 aromatic rings. The molecule has 1 N–H and O–H groups in total. The molecule has 2 aliphatic rings. The van der Waals surface area contributed by atoms with Gasteiger partial charge in [0, 0.05) is 18.4 Å². The van der Waals surface area contributed by atoms with E-state index in [0.717, 1.165) is 37.3 Å². The molecule has 0 radical (unpaired) electrons. The predicted molar refractivity (Wildman–Crippen MR) is 93.1 cm³/mol. The third kappa shape index (κ3) is 3.96. The summed E-state index contributed by atoms with van der Waals surface area (Å²) in [4.78, 5) is 16.3. The standard InChI is InChI=1S/C16H24N2OS2/c1-5-6-9-18-14(19)13(21-15(18)20)8-7-12-10-16(2,3)11-17(12)4/h7-8H,5-6,9-11H2,1-4H3/p+1/b12-7+,13-8+. The number of allylic oxidation sites excluding steroid dienone is 3. The van der Waals surface area contributed by atoms with E-state index < -0.39 is 0 Å². The maximum absolute atomic E-state index is 12.3. The van der Waals surface area contributed by atoms with E-state index in [2.05, 4.69) is 33.9 Å². The van der Waals surface area contributed by atoms with Crippen LogP contribution in [-0.4, -0.2) is 35.3 Å². The van der Waals surface area contributed by atoms with Gasteiger partial charge in [-0.05, 0) is 18.6 Å². The molecule has 5 heteroatoms. The van der Waals surface area contributed by atoms with Crippen LogP contribution in [0.4, 0.5) is 0 Å². The molecule has 1 amide bonds. The lowest BCUT2D eigenvalue weighted by molar-refractivity contribution is -0.832. The number of unbranched alkanes of at least 4 members (excludes halogenated alkanes) is 1. The lowest BCUT2D eigenvalue weighted by Crippen LogP contribution is -3.05. The average molecular weight is 326 g/mol. The Bertz CT molecular complexity index is 508. The highest BCUT2D eigenvalue weighted by Gasteiger charge is 2.35. The molecule has 3 nitrogen and oxygen atoms in total. The topological polar surface area (TPSA) is 24.8 Å². The molecule has 0 aliphatic carbocycles. The SMILES string of the molecule is CCCCN1C(=O)/C(=C\C=C2/CC(C)(C)C[NH+]2C)SC1=S. The van der Waals surface area contributed by atoms with E-state index in [1.54, 1.807) is 4.90 Å². The van der Waals surface area contributed by atoms with Crippen molar-refractivity contribution in [2.75, 3.05) is 20.1 Å². The lowest BCUT2D eigenvalue weighted by Gasteiger charge is -2.12. The van der Waals surface area contributed by atoms with Crippen LogP contribution in [0.3, 0.4) is 0 Å². The van der Waals surface area contributed by atoms with Crippen LogP contribution >= 0.6 is 24.0 Å². The number of nitrogens with one attached hydrogen (secondary N) is 1. The smallest absolute Gasteiger partial charge is 0.266 e. The number of amides is 1. The normalized spacial score (nSPS) is 29.1.